The van der Waals surface area contributed by atoms with Crippen molar-refractivity contribution in [2.75, 3.05) is 5.32 Å². The molecule has 1 atom stereocenters. The van der Waals surface area contributed by atoms with Crippen LogP contribution >= 0.6 is 22.9 Å². The minimum absolute atomic E-state index is 0.224. The van der Waals surface area contributed by atoms with Gasteiger partial charge in [-0.1, -0.05) is 35.9 Å². The van der Waals surface area contributed by atoms with Gasteiger partial charge in [-0.2, -0.15) is 0 Å². The van der Waals surface area contributed by atoms with Crippen molar-refractivity contribution in [1.82, 2.24) is 9.55 Å². The van der Waals surface area contributed by atoms with Gasteiger partial charge in [0, 0.05) is 21.2 Å². The molecule has 2 aromatic carbocycles. The molecule has 0 saturated heterocycles. The van der Waals surface area contributed by atoms with Crippen LogP contribution in [0.15, 0.2) is 47.5 Å². The number of hydrogen-bond acceptors (Lipinski definition) is 4. The molecular weight excluding hydrogens is 442 g/mol. The lowest BCUT2D eigenvalue weighted by Crippen LogP contribution is -2.31. The van der Waals surface area contributed by atoms with Crippen LogP contribution in [0.25, 0.3) is 21.3 Å². The zero-order valence-electron chi connectivity index (χ0n) is 18.6. The van der Waals surface area contributed by atoms with Gasteiger partial charge in [-0.3, -0.25) is 14.2 Å². The normalized spacial score (nSPS) is 12.2. The molecule has 1 amide bonds. The minimum Gasteiger partial charge on any atom is -0.324 e. The number of anilines is 1. The number of fused-ring (bicyclic) bond motifs is 1. The summed E-state index contributed by atoms with van der Waals surface area (Å²) in [5, 5.41) is 3.97. The lowest BCUT2D eigenvalue weighted by Gasteiger charge is -2.16. The fourth-order valence-corrected chi connectivity index (χ4v) is 4.90. The number of hydrogen-bond donors (Lipinski definition) is 1. The molecule has 32 heavy (non-hydrogen) atoms. The Kier molecular flexibility index (Phi) is 5.93. The van der Waals surface area contributed by atoms with E-state index in [4.69, 9.17) is 11.6 Å². The number of thiophene rings is 1. The fraction of sp³-hybridized carbons (Fsp3) is 0.240. The Bertz CT molecular complexity index is 1420. The quantitative estimate of drug-likeness (QED) is 0.389. The second-order valence-electron chi connectivity index (χ2n) is 8.09. The molecule has 4 aromatic rings. The van der Waals surface area contributed by atoms with Crippen LogP contribution in [0, 0.1) is 27.7 Å². The Hall–Kier alpha value is -2.96. The standard InChI is InChI=1S/C25H24ClN3O2S/c1-13-6-8-18(10-15(13)3)21-17(5)32-24-22(21)25(31)29(12-27-24)16(4)23(30)28-20-11-19(26)9-7-14(20)2/h6-12,16H,1-5H3,(H,28,30). The van der Waals surface area contributed by atoms with E-state index in [1.807, 2.05) is 26.0 Å². The van der Waals surface area contributed by atoms with Gasteiger partial charge in [-0.25, -0.2) is 4.98 Å². The number of nitrogens with one attached hydrogen (secondary N) is 1. The van der Waals surface area contributed by atoms with Crippen molar-refractivity contribution in [2.24, 2.45) is 0 Å². The van der Waals surface area contributed by atoms with Crippen LogP contribution in [0.3, 0.4) is 0 Å². The average molecular weight is 466 g/mol. The zero-order valence-corrected chi connectivity index (χ0v) is 20.2. The molecule has 0 spiro atoms. The summed E-state index contributed by atoms with van der Waals surface area (Å²) in [6.45, 7) is 9.70. The van der Waals surface area contributed by atoms with Gasteiger partial charge in [-0.05, 0) is 69.0 Å². The molecule has 5 nitrogen and oxygen atoms in total. The minimum atomic E-state index is -0.745. The van der Waals surface area contributed by atoms with Crippen LogP contribution in [0.1, 0.15) is 34.5 Å². The average Bonchev–Trinajstić information content (AvgIpc) is 3.09. The molecule has 0 aliphatic carbocycles. The summed E-state index contributed by atoms with van der Waals surface area (Å²) in [6.07, 6.45) is 1.46. The first kappa shape index (κ1) is 22.2. The van der Waals surface area contributed by atoms with Crippen molar-refractivity contribution in [3.8, 4) is 11.1 Å². The number of halogens is 1. The first-order chi connectivity index (χ1) is 15.2. The highest BCUT2D eigenvalue weighted by Gasteiger charge is 2.22. The predicted octanol–water partition coefficient (Wildman–Crippen LogP) is 6.21. The van der Waals surface area contributed by atoms with Crippen LogP contribution in [0.5, 0.6) is 0 Å². The van der Waals surface area contributed by atoms with Gasteiger partial charge >= 0.3 is 0 Å². The molecule has 7 heteroatoms. The van der Waals surface area contributed by atoms with E-state index in [0.29, 0.717) is 20.9 Å². The molecule has 1 N–H and O–H groups in total. The van der Waals surface area contributed by atoms with Gasteiger partial charge in [0.2, 0.25) is 5.91 Å². The van der Waals surface area contributed by atoms with Crippen molar-refractivity contribution in [3.05, 3.63) is 79.7 Å². The van der Waals surface area contributed by atoms with Gasteiger partial charge in [0.25, 0.3) is 5.56 Å². The molecule has 0 bridgehead atoms. The maximum Gasteiger partial charge on any atom is 0.263 e. The second kappa shape index (κ2) is 8.52. The van der Waals surface area contributed by atoms with E-state index in [2.05, 4.69) is 36.3 Å². The SMILES string of the molecule is Cc1ccc(-c2c(C)sc3ncn(C(C)C(=O)Nc4cc(Cl)ccc4C)c(=O)c23)cc1C. The maximum absolute atomic E-state index is 13.5. The number of nitrogens with zero attached hydrogens (tertiary/aromatic N) is 2. The van der Waals surface area contributed by atoms with E-state index in [1.54, 1.807) is 19.1 Å². The summed E-state index contributed by atoms with van der Waals surface area (Å²) in [7, 11) is 0. The van der Waals surface area contributed by atoms with Crippen LogP contribution < -0.4 is 10.9 Å². The van der Waals surface area contributed by atoms with Gasteiger partial charge in [0.1, 0.15) is 10.9 Å². The third-order valence-electron chi connectivity index (χ3n) is 5.86. The largest absolute Gasteiger partial charge is 0.324 e. The van der Waals surface area contributed by atoms with E-state index < -0.39 is 6.04 Å². The van der Waals surface area contributed by atoms with E-state index in [1.165, 1.54) is 27.8 Å². The van der Waals surface area contributed by atoms with Crippen LogP contribution in [-0.2, 0) is 4.79 Å². The Morgan fingerprint density at radius 1 is 1.06 bits per heavy atom. The Morgan fingerprint density at radius 3 is 2.50 bits per heavy atom. The van der Waals surface area contributed by atoms with E-state index in [-0.39, 0.29) is 11.5 Å². The summed E-state index contributed by atoms with van der Waals surface area (Å²) >= 11 is 7.56. The highest BCUT2D eigenvalue weighted by Crippen LogP contribution is 2.36. The highest BCUT2D eigenvalue weighted by molar-refractivity contribution is 7.19. The number of aryl methyl sites for hydroxylation is 4. The summed E-state index contributed by atoms with van der Waals surface area (Å²) in [4.78, 5) is 32.7. The molecule has 0 radical (unpaired) electrons. The molecule has 0 fully saturated rings. The second-order valence-corrected chi connectivity index (χ2v) is 9.73. The van der Waals surface area contributed by atoms with Crippen molar-refractivity contribution in [1.29, 1.82) is 0 Å². The number of aromatic nitrogens is 2. The summed E-state index contributed by atoms with van der Waals surface area (Å²) in [5.41, 5.74) is 5.52. The lowest BCUT2D eigenvalue weighted by atomic mass is 9.99. The molecule has 2 heterocycles. The molecule has 0 aliphatic heterocycles. The smallest absolute Gasteiger partial charge is 0.263 e. The van der Waals surface area contributed by atoms with Crippen molar-refractivity contribution >= 4 is 44.7 Å². The molecule has 1 unspecified atom stereocenters. The number of amides is 1. The monoisotopic (exact) mass is 465 g/mol. The van der Waals surface area contributed by atoms with Crippen LogP contribution in [-0.4, -0.2) is 15.5 Å². The molecule has 164 valence electrons. The zero-order chi connectivity index (χ0) is 23.2. The third-order valence-corrected chi connectivity index (χ3v) is 7.11. The lowest BCUT2D eigenvalue weighted by molar-refractivity contribution is -0.118. The third kappa shape index (κ3) is 3.96. The van der Waals surface area contributed by atoms with E-state index in [9.17, 15) is 9.59 Å². The van der Waals surface area contributed by atoms with E-state index in [0.717, 1.165) is 27.1 Å². The number of benzene rings is 2. The fourth-order valence-electron chi connectivity index (χ4n) is 3.73. The van der Waals surface area contributed by atoms with E-state index >= 15 is 0 Å². The maximum atomic E-state index is 13.5. The topological polar surface area (TPSA) is 64.0 Å². The molecule has 4 rings (SSSR count). The molecule has 0 aliphatic rings. The Labute approximate surface area is 195 Å². The highest BCUT2D eigenvalue weighted by atomic mass is 35.5. The van der Waals surface area contributed by atoms with Crippen LogP contribution in [0.4, 0.5) is 5.69 Å². The first-order valence-electron chi connectivity index (χ1n) is 10.3. The summed E-state index contributed by atoms with van der Waals surface area (Å²) in [5.74, 6) is -0.307. The van der Waals surface area contributed by atoms with Gasteiger partial charge in [0.15, 0.2) is 0 Å². The molecule has 0 saturated carbocycles. The number of rotatable bonds is 4. The summed E-state index contributed by atoms with van der Waals surface area (Å²) in [6, 6.07) is 10.8. The first-order valence-corrected chi connectivity index (χ1v) is 11.5. The predicted molar refractivity (Wildman–Crippen MR) is 133 cm³/mol. The van der Waals surface area contributed by atoms with Crippen LogP contribution in [0.2, 0.25) is 5.02 Å². The van der Waals surface area contributed by atoms with Crippen molar-refractivity contribution in [3.63, 3.8) is 0 Å². The molecule has 2 aromatic heterocycles. The van der Waals surface area contributed by atoms with Gasteiger partial charge < -0.3 is 5.32 Å². The van der Waals surface area contributed by atoms with Gasteiger partial charge in [0.05, 0.1) is 11.7 Å². The Balaban J connectivity index is 1.77. The van der Waals surface area contributed by atoms with Gasteiger partial charge in [-0.15, -0.1) is 11.3 Å². The summed E-state index contributed by atoms with van der Waals surface area (Å²) < 4.78 is 1.40. The van der Waals surface area contributed by atoms with Crippen molar-refractivity contribution in [2.45, 2.75) is 40.7 Å². The Morgan fingerprint density at radius 2 is 1.78 bits per heavy atom. The molecular formula is C25H24ClN3O2S. The number of carbonyl (C=O) groups excluding carboxylic acids is 1. The van der Waals surface area contributed by atoms with Crippen molar-refractivity contribution < 1.29 is 4.79 Å². The number of carbonyl (C=O) groups is 1.